The molecule has 1 N–H and O–H groups in total. The highest BCUT2D eigenvalue weighted by Crippen LogP contribution is 2.22. The monoisotopic (exact) mass is 432 g/mol. The number of rotatable bonds is 8. The third kappa shape index (κ3) is 5.44. The number of hydrogen-bond donors (Lipinski definition) is 1. The Hall–Kier alpha value is -3.41. The van der Waals surface area contributed by atoms with Crippen LogP contribution in [0.15, 0.2) is 60.7 Å². The van der Waals surface area contributed by atoms with Crippen LogP contribution in [0.25, 0.3) is 17.1 Å². The van der Waals surface area contributed by atoms with Crippen LogP contribution in [0.5, 0.6) is 0 Å². The highest BCUT2D eigenvalue weighted by molar-refractivity contribution is 5.92. The third-order valence-electron chi connectivity index (χ3n) is 5.35. The van der Waals surface area contributed by atoms with Gasteiger partial charge in [0, 0.05) is 18.2 Å². The first-order chi connectivity index (χ1) is 15.3. The van der Waals surface area contributed by atoms with Gasteiger partial charge >= 0.3 is 0 Å². The van der Waals surface area contributed by atoms with E-state index in [9.17, 15) is 9.59 Å². The van der Waals surface area contributed by atoms with Crippen LogP contribution in [0, 0.1) is 0 Å². The largest absolute Gasteiger partial charge is 0.343 e. The normalized spacial score (nSPS) is 12.6. The molecule has 0 bridgehead atoms. The second kappa shape index (κ2) is 10.3. The zero-order chi connectivity index (χ0) is 23.3. The van der Waals surface area contributed by atoms with Gasteiger partial charge in [0.15, 0.2) is 0 Å². The van der Waals surface area contributed by atoms with Crippen LogP contribution in [0.1, 0.15) is 52.0 Å². The van der Waals surface area contributed by atoms with Crippen LogP contribution in [-0.2, 0) is 16.1 Å². The van der Waals surface area contributed by atoms with Crippen molar-refractivity contribution in [1.29, 1.82) is 0 Å². The van der Waals surface area contributed by atoms with Gasteiger partial charge in [-0.25, -0.2) is 4.98 Å². The van der Waals surface area contributed by atoms with Crippen molar-refractivity contribution in [3.05, 3.63) is 72.1 Å². The van der Waals surface area contributed by atoms with E-state index in [4.69, 9.17) is 4.98 Å². The van der Waals surface area contributed by atoms with Crippen LogP contribution in [-0.4, -0.2) is 38.3 Å². The molecule has 1 atom stereocenters. The van der Waals surface area contributed by atoms with Crippen molar-refractivity contribution in [3.63, 3.8) is 0 Å². The maximum absolute atomic E-state index is 13.2. The van der Waals surface area contributed by atoms with Crippen LogP contribution < -0.4 is 5.32 Å². The van der Waals surface area contributed by atoms with Gasteiger partial charge in [0.1, 0.15) is 12.4 Å². The second-order valence-electron chi connectivity index (χ2n) is 8.51. The zero-order valence-electron chi connectivity index (χ0n) is 19.4. The van der Waals surface area contributed by atoms with E-state index in [1.54, 1.807) is 6.08 Å². The summed E-state index contributed by atoms with van der Waals surface area (Å²) in [5.74, 6) is 0.479. The van der Waals surface area contributed by atoms with Crippen LogP contribution >= 0.6 is 0 Å². The van der Waals surface area contributed by atoms with Gasteiger partial charge in [0.2, 0.25) is 11.8 Å². The van der Waals surface area contributed by atoms with Gasteiger partial charge in [0.25, 0.3) is 0 Å². The van der Waals surface area contributed by atoms with Crippen molar-refractivity contribution in [2.75, 3.05) is 0 Å². The summed E-state index contributed by atoms with van der Waals surface area (Å²) in [6.07, 6.45) is 3.29. The number of nitrogens with zero attached hydrogens (tertiary/aromatic N) is 3. The van der Waals surface area contributed by atoms with Gasteiger partial charge in [-0.15, -0.1) is 0 Å². The van der Waals surface area contributed by atoms with Crippen molar-refractivity contribution in [1.82, 2.24) is 19.8 Å². The summed E-state index contributed by atoms with van der Waals surface area (Å²) in [5, 5.41) is 2.98. The molecule has 0 aliphatic rings. The molecule has 0 aliphatic carbocycles. The molecular formula is C26H32N4O2. The summed E-state index contributed by atoms with van der Waals surface area (Å²) < 4.78 is 1.92. The van der Waals surface area contributed by atoms with E-state index in [0.29, 0.717) is 5.82 Å². The highest BCUT2D eigenvalue weighted by Gasteiger charge is 2.24. The number of hydrogen-bond acceptors (Lipinski definition) is 3. The van der Waals surface area contributed by atoms with E-state index in [-0.39, 0.29) is 36.5 Å². The first-order valence-corrected chi connectivity index (χ1v) is 11.1. The van der Waals surface area contributed by atoms with E-state index in [2.05, 4.69) is 5.32 Å². The fourth-order valence-corrected chi connectivity index (χ4v) is 4.04. The minimum atomic E-state index is -0.366. The molecule has 32 heavy (non-hydrogen) atoms. The van der Waals surface area contributed by atoms with Crippen molar-refractivity contribution < 1.29 is 9.59 Å². The molecule has 2 aromatic carbocycles. The Bertz CT molecular complexity index is 1090. The standard InChI is InChI=1S/C26H32N4O2/c1-18(2)30(19(3)4)25(32)17-29-23-14-10-9-13-22(23)28-26(29)20(5)27-24(31)16-15-21-11-7-6-8-12-21/h6-16,18-20H,17H2,1-5H3,(H,27,31)/b16-15-. The second-order valence-corrected chi connectivity index (χ2v) is 8.51. The number of fused-ring (bicyclic) bond motifs is 1. The number of amides is 2. The Morgan fingerprint density at radius 3 is 2.25 bits per heavy atom. The van der Waals surface area contributed by atoms with E-state index < -0.39 is 0 Å². The number of para-hydroxylation sites is 2. The Morgan fingerprint density at radius 2 is 1.59 bits per heavy atom. The van der Waals surface area contributed by atoms with E-state index >= 15 is 0 Å². The lowest BCUT2D eigenvalue weighted by Gasteiger charge is -2.31. The molecule has 1 heterocycles. The average molecular weight is 433 g/mol. The molecule has 3 rings (SSSR count). The van der Waals surface area contributed by atoms with Gasteiger partial charge in [-0.1, -0.05) is 42.5 Å². The summed E-state index contributed by atoms with van der Waals surface area (Å²) in [6, 6.07) is 17.2. The summed E-state index contributed by atoms with van der Waals surface area (Å²) in [4.78, 5) is 32.3. The summed E-state index contributed by atoms with van der Waals surface area (Å²) in [7, 11) is 0. The predicted octanol–water partition coefficient (Wildman–Crippen LogP) is 4.57. The number of nitrogens with one attached hydrogen (secondary N) is 1. The highest BCUT2D eigenvalue weighted by atomic mass is 16.2. The molecule has 0 radical (unpaired) electrons. The molecule has 168 valence electrons. The zero-order valence-corrected chi connectivity index (χ0v) is 19.4. The summed E-state index contributed by atoms with van der Waals surface area (Å²) in [6.45, 7) is 10.1. The summed E-state index contributed by atoms with van der Waals surface area (Å²) in [5.41, 5.74) is 2.64. The van der Waals surface area contributed by atoms with Gasteiger partial charge in [-0.3, -0.25) is 9.59 Å². The SMILES string of the molecule is CC(NC(=O)/C=C\c1ccccc1)c1nc2ccccc2n1CC(=O)N(C(C)C)C(C)C. The van der Waals surface area contributed by atoms with Gasteiger partial charge in [-0.2, -0.15) is 0 Å². The lowest BCUT2D eigenvalue weighted by atomic mass is 10.2. The minimum absolute atomic E-state index is 0.0295. The van der Waals surface area contributed by atoms with Crippen molar-refractivity contribution in [2.45, 2.75) is 59.3 Å². The average Bonchev–Trinajstić information content (AvgIpc) is 3.11. The Labute approximate surface area is 189 Å². The van der Waals surface area contributed by atoms with Crippen LogP contribution in [0.3, 0.4) is 0 Å². The Morgan fingerprint density at radius 1 is 0.969 bits per heavy atom. The third-order valence-corrected chi connectivity index (χ3v) is 5.35. The Balaban J connectivity index is 1.85. The van der Waals surface area contributed by atoms with E-state index in [0.717, 1.165) is 16.6 Å². The Kier molecular flexibility index (Phi) is 7.46. The van der Waals surface area contributed by atoms with Crippen molar-refractivity contribution in [2.24, 2.45) is 0 Å². The predicted molar refractivity (Wildman–Crippen MR) is 129 cm³/mol. The lowest BCUT2D eigenvalue weighted by molar-refractivity contribution is -0.135. The van der Waals surface area contributed by atoms with Gasteiger partial charge in [0.05, 0.1) is 17.1 Å². The van der Waals surface area contributed by atoms with E-state index in [1.807, 2.05) is 98.7 Å². The van der Waals surface area contributed by atoms with Crippen molar-refractivity contribution in [3.8, 4) is 0 Å². The minimum Gasteiger partial charge on any atom is -0.343 e. The maximum Gasteiger partial charge on any atom is 0.244 e. The maximum atomic E-state index is 13.2. The van der Waals surface area contributed by atoms with Crippen LogP contribution in [0.2, 0.25) is 0 Å². The van der Waals surface area contributed by atoms with E-state index in [1.165, 1.54) is 6.08 Å². The smallest absolute Gasteiger partial charge is 0.244 e. The molecule has 3 aromatic rings. The topological polar surface area (TPSA) is 67.2 Å². The molecule has 0 saturated carbocycles. The van der Waals surface area contributed by atoms with Gasteiger partial charge in [-0.05, 0) is 58.4 Å². The quantitative estimate of drug-likeness (QED) is 0.530. The van der Waals surface area contributed by atoms with Crippen molar-refractivity contribution >= 4 is 28.9 Å². The molecule has 0 spiro atoms. The van der Waals surface area contributed by atoms with Crippen LogP contribution in [0.4, 0.5) is 0 Å². The first kappa shape index (κ1) is 23.3. The molecule has 6 heteroatoms. The molecule has 1 unspecified atom stereocenters. The molecule has 0 saturated heterocycles. The number of aromatic nitrogens is 2. The van der Waals surface area contributed by atoms with Gasteiger partial charge < -0.3 is 14.8 Å². The first-order valence-electron chi connectivity index (χ1n) is 11.1. The molecule has 1 aromatic heterocycles. The number of imidazole rings is 1. The molecule has 6 nitrogen and oxygen atoms in total. The molecular weight excluding hydrogens is 400 g/mol. The summed E-state index contributed by atoms with van der Waals surface area (Å²) >= 11 is 0. The fraction of sp³-hybridized carbons (Fsp3) is 0.346. The number of carbonyl (C=O) groups excluding carboxylic acids is 2. The number of benzene rings is 2. The molecule has 2 amide bonds. The lowest BCUT2D eigenvalue weighted by Crippen LogP contribution is -2.44. The fourth-order valence-electron chi connectivity index (χ4n) is 4.04. The molecule has 0 aliphatic heterocycles. The number of carbonyl (C=O) groups is 2. The molecule has 0 fully saturated rings.